The van der Waals surface area contributed by atoms with E-state index in [9.17, 15) is 4.79 Å². The van der Waals surface area contributed by atoms with Crippen molar-refractivity contribution in [1.29, 1.82) is 0 Å². The summed E-state index contributed by atoms with van der Waals surface area (Å²) in [4.78, 5) is 19.3. The van der Waals surface area contributed by atoms with E-state index in [4.69, 9.17) is 0 Å². The SMILES string of the molecule is O=C(NCc1c[nH]c2ncccc12)C1CCCC1. The average molecular weight is 243 g/mol. The second kappa shape index (κ2) is 4.80. The highest BCUT2D eigenvalue weighted by Crippen LogP contribution is 2.25. The van der Waals surface area contributed by atoms with Gasteiger partial charge in [-0.2, -0.15) is 0 Å². The Bertz CT molecular complexity index is 555. The zero-order chi connectivity index (χ0) is 12.4. The van der Waals surface area contributed by atoms with Crippen LogP contribution in [0.25, 0.3) is 11.0 Å². The Labute approximate surface area is 106 Å². The van der Waals surface area contributed by atoms with Gasteiger partial charge in [0.05, 0.1) is 0 Å². The lowest BCUT2D eigenvalue weighted by atomic mass is 10.1. The van der Waals surface area contributed by atoms with Crippen LogP contribution in [-0.2, 0) is 11.3 Å². The van der Waals surface area contributed by atoms with Crippen molar-refractivity contribution in [2.24, 2.45) is 5.92 Å². The van der Waals surface area contributed by atoms with Crippen molar-refractivity contribution < 1.29 is 4.79 Å². The number of fused-ring (bicyclic) bond motifs is 1. The Balaban J connectivity index is 1.67. The Morgan fingerprint density at radius 2 is 2.28 bits per heavy atom. The third-order valence-electron chi connectivity index (χ3n) is 3.72. The first-order chi connectivity index (χ1) is 8.84. The van der Waals surface area contributed by atoms with E-state index >= 15 is 0 Å². The zero-order valence-electron chi connectivity index (χ0n) is 10.3. The summed E-state index contributed by atoms with van der Waals surface area (Å²) in [5.74, 6) is 0.430. The normalized spacial score (nSPS) is 16.2. The molecule has 1 saturated carbocycles. The minimum absolute atomic E-state index is 0.200. The van der Waals surface area contributed by atoms with Gasteiger partial charge in [0.15, 0.2) is 0 Å². The van der Waals surface area contributed by atoms with Crippen LogP contribution in [0.15, 0.2) is 24.5 Å². The number of aromatic amines is 1. The summed E-state index contributed by atoms with van der Waals surface area (Å²) in [6, 6.07) is 3.94. The maximum Gasteiger partial charge on any atom is 0.223 e. The molecule has 0 bridgehead atoms. The van der Waals surface area contributed by atoms with Gasteiger partial charge < -0.3 is 10.3 Å². The molecule has 1 fully saturated rings. The molecule has 94 valence electrons. The van der Waals surface area contributed by atoms with Gasteiger partial charge in [-0.15, -0.1) is 0 Å². The van der Waals surface area contributed by atoms with Gasteiger partial charge in [0.2, 0.25) is 5.91 Å². The maximum atomic E-state index is 11.9. The van der Waals surface area contributed by atoms with Crippen LogP contribution in [0.5, 0.6) is 0 Å². The number of carbonyl (C=O) groups is 1. The largest absolute Gasteiger partial charge is 0.352 e. The topological polar surface area (TPSA) is 57.8 Å². The molecular formula is C14H17N3O. The molecule has 0 spiro atoms. The molecule has 1 amide bonds. The Morgan fingerprint density at radius 1 is 1.44 bits per heavy atom. The van der Waals surface area contributed by atoms with Gasteiger partial charge in [0.25, 0.3) is 0 Å². The van der Waals surface area contributed by atoms with Crippen LogP contribution < -0.4 is 5.32 Å². The van der Waals surface area contributed by atoms with Crippen molar-refractivity contribution >= 4 is 16.9 Å². The molecule has 0 atom stereocenters. The highest BCUT2D eigenvalue weighted by molar-refractivity contribution is 5.82. The van der Waals surface area contributed by atoms with Crippen molar-refractivity contribution in [3.63, 3.8) is 0 Å². The zero-order valence-corrected chi connectivity index (χ0v) is 10.3. The van der Waals surface area contributed by atoms with E-state index in [0.29, 0.717) is 6.54 Å². The lowest BCUT2D eigenvalue weighted by molar-refractivity contribution is -0.124. The summed E-state index contributed by atoms with van der Waals surface area (Å²) in [7, 11) is 0. The molecule has 2 aromatic heterocycles. The molecular weight excluding hydrogens is 226 g/mol. The number of carbonyl (C=O) groups excluding carboxylic acids is 1. The maximum absolute atomic E-state index is 11.9. The highest BCUT2D eigenvalue weighted by Gasteiger charge is 2.22. The Kier molecular flexibility index (Phi) is 3.00. The fraction of sp³-hybridized carbons (Fsp3) is 0.429. The second-order valence-corrected chi connectivity index (χ2v) is 4.91. The molecule has 18 heavy (non-hydrogen) atoms. The fourth-order valence-electron chi connectivity index (χ4n) is 2.67. The number of H-pyrrole nitrogens is 1. The third kappa shape index (κ3) is 2.10. The van der Waals surface area contributed by atoms with E-state index in [1.807, 2.05) is 18.3 Å². The number of aromatic nitrogens is 2. The lowest BCUT2D eigenvalue weighted by Crippen LogP contribution is -2.28. The van der Waals surface area contributed by atoms with E-state index in [1.165, 1.54) is 12.8 Å². The van der Waals surface area contributed by atoms with Gasteiger partial charge in [0.1, 0.15) is 5.65 Å². The van der Waals surface area contributed by atoms with Crippen LogP contribution in [0.1, 0.15) is 31.2 Å². The summed E-state index contributed by atoms with van der Waals surface area (Å²) in [6.07, 6.45) is 8.15. The van der Waals surface area contributed by atoms with E-state index in [-0.39, 0.29) is 11.8 Å². The van der Waals surface area contributed by atoms with E-state index in [1.54, 1.807) is 6.20 Å². The molecule has 0 aromatic carbocycles. The minimum atomic E-state index is 0.200. The number of hydrogen-bond donors (Lipinski definition) is 2. The number of pyridine rings is 1. The summed E-state index contributed by atoms with van der Waals surface area (Å²) in [6.45, 7) is 0.584. The van der Waals surface area contributed by atoms with Crippen molar-refractivity contribution in [1.82, 2.24) is 15.3 Å². The monoisotopic (exact) mass is 243 g/mol. The molecule has 1 aliphatic rings. The third-order valence-corrected chi connectivity index (χ3v) is 3.72. The van der Waals surface area contributed by atoms with Crippen LogP contribution in [0.2, 0.25) is 0 Å². The van der Waals surface area contributed by atoms with Gasteiger partial charge in [-0.3, -0.25) is 4.79 Å². The van der Waals surface area contributed by atoms with E-state index in [0.717, 1.165) is 29.4 Å². The summed E-state index contributed by atoms with van der Waals surface area (Å²) < 4.78 is 0. The molecule has 2 heterocycles. The predicted octanol–water partition coefficient (Wildman–Crippen LogP) is 2.37. The Morgan fingerprint density at radius 3 is 3.11 bits per heavy atom. The smallest absolute Gasteiger partial charge is 0.223 e. The minimum Gasteiger partial charge on any atom is -0.352 e. The molecule has 0 radical (unpaired) electrons. The molecule has 0 aliphatic heterocycles. The van der Waals surface area contributed by atoms with Crippen LogP contribution in [-0.4, -0.2) is 15.9 Å². The molecule has 3 rings (SSSR count). The van der Waals surface area contributed by atoms with Gasteiger partial charge >= 0.3 is 0 Å². The van der Waals surface area contributed by atoms with Gasteiger partial charge in [-0.05, 0) is 30.5 Å². The van der Waals surface area contributed by atoms with Crippen molar-refractivity contribution in [2.75, 3.05) is 0 Å². The summed E-state index contributed by atoms with van der Waals surface area (Å²) in [5.41, 5.74) is 1.98. The number of nitrogens with one attached hydrogen (secondary N) is 2. The van der Waals surface area contributed by atoms with Crippen molar-refractivity contribution in [2.45, 2.75) is 32.2 Å². The van der Waals surface area contributed by atoms with Gasteiger partial charge in [-0.1, -0.05) is 12.8 Å². The molecule has 1 aliphatic carbocycles. The first kappa shape index (κ1) is 11.3. The van der Waals surface area contributed by atoms with Crippen LogP contribution in [0.3, 0.4) is 0 Å². The molecule has 2 aromatic rings. The lowest BCUT2D eigenvalue weighted by Gasteiger charge is -2.09. The van der Waals surface area contributed by atoms with E-state index < -0.39 is 0 Å². The first-order valence-electron chi connectivity index (χ1n) is 6.53. The Hall–Kier alpha value is -1.84. The molecule has 4 nitrogen and oxygen atoms in total. The molecule has 4 heteroatoms. The van der Waals surface area contributed by atoms with Gasteiger partial charge in [-0.25, -0.2) is 4.98 Å². The molecule has 0 saturated heterocycles. The van der Waals surface area contributed by atoms with E-state index in [2.05, 4.69) is 15.3 Å². The predicted molar refractivity (Wildman–Crippen MR) is 69.9 cm³/mol. The standard InChI is InChI=1S/C14H17N3O/c18-14(10-4-1-2-5-10)17-9-11-8-16-13-12(11)6-3-7-15-13/h3,6-8,10H,1-2,4-5,9H2,(H,15,16)(H,17,18). The number of hydrogen-bond acceptors (Lipinski definition) is 2. The summed E-state index contributed by atoms with van der Waals surface area (Å²) >= 11 is 0. The quantitative estimate of drug-likeness (QED) is 0.869. The average Bonchev–Trinajstić information content (AvgIpc) is 3.06. The molecule has 2 N–H and O–H groups in total. The fourth-order valence-corrected chi connectivity index (χ4v) is 2.67. The van der Waals surface area contributed by atoms with Crippen LogP contribution >= 0.6 is 0 Å². The van der Waals surface area contributed by atoms with Crippen LogP contribution in [0, 0.1) is 5.92 Å². The number of amides is 1. The van der Waals surface area contributed by atoms with Gasteiger partial charge in [0, 0.05) is 30.2 Å². The second-order valence-electron chi connectivity index (χ2n) is 4.91. The molecule has 0 unspecified atom stereocenters. The van der Waals surface area contributed by atoms with Crippen molar-refractivity contribution in [3.05, 3.63) is 30.1 Å². The first-order valence-corrected chi connectivity index (χ1v) is 6.53. The summed E-state index contributed by atoms with van der Waals surface area (Å²) in [5, 5.41) is 4.12. The van der Waals surface area contributed by atoms with Crippen molar-refractivity contribution in [3.8, 4) is 0 Å². The number of rotatable bonds is 3. The van der Waals surface area contributed by atoms with Crippen LogP contribution in [0.4, 0.5) is 0 Å². The number of nitrogens with zero attached hydrogens (tertiary/aromatic N) is 1. The highest BCUT2D eigenvalue weighted by atomic mass is 16.1.